The first-order valence-corrected chi connectivity index (χ1v) is 12.1. The molecule has 0 unspecified atom stereocenters. The van der Waals surface area contributed by atoms with Gasteiger partial charge in [-0.15, -0.1) is 0 Å². The molecule has 186 valence electrons. The third kappa shape index (κ3) is 4.70. The molecule has 0 aliphatic heterocycles. The van der Waals surface area contributed by atoms with E-state index in [9.17, 15) is 9.90 Å². The number of nitrogens with zero attached hydrogens (tertiary/aromatic N) is 2. The van der Waals surface area contributed by atoms with Gasteiger partial charge in [0.05, 0.1) is 24.2 Å². The highest BCUT2D eigenvalue weighted by molar-refractivity contribution is 5.98. The van der Waals surface area contributed by atoms with Crippen LogP contribution < -0.4 is 16.7 Å². The number of hydrogen-bond acceptors (Lipinski definition) is 4. The van der Waals surface area contributed by atoms with Crippen molar-refractivity contribution in [2.45, 2.75) is 19.5 Å². The summed E-state index contributed by atoms with van der Waals surface area (Å²) in [5.74, 6) is -0.442. The molecule has 0 spiro atoms. The van der Waals surface area contributed by atoms with Gasteiger partial charge >= 0.3 is 0 Å². The van der Waals surface area contributed by atoms with E-state index in [0.717, 1.165) is 27.8 Å². The lowest BCUT2D eigenvalue weighted by Gasteiger charge is -2.14. The predicted octanol–water partition coefficient (Wildman–Crippen LogP) is 4.19. The van der Waals surface area contributed by atoms with E-state index in [1.165, 1.54) is 11.1 Å². The summed E-state index contributed by atoms with van der Waals surface area (Å²) in [6, 6.07) is 30.7. The average molecular weight is 492 g/mol. The first-order valence-electron chi connectivity index (χ1n) is 12.1. The van der Waals surface area contributed by atoms with E-state index >= 15 is 0 Å². The number of carbonyl (C=O) groups excluding carboxylic acids is 1. The molecule has 0 radical (unpaired) electrons. The van der Waals surface area contributed by atoms with Gasteiger partial charge in [0.25, 0.3) is 0 Å². The molecule has 0 aliphatic rings. The molecule has 0 bridgehead atoms. The van der Waals surface area contributed by atoms with Crippen LogP contribution in [-0.2, 0) is 11.3 Å². The number of aliphatic hydroxyl groups is 1. The fraction of sp³-hybridized carbons (Fsp3) is 0.133. The van der Waals surface area contributed by atoms with Crippen molar-refractivity contribution in [3.8, 4) is 16.8 Å². The number of amides is 1. The standard InChI is InChI=1S/C30H29N5O2/c1-20-8-2-3-9-22(20)18-34-27-12-6-7-13-28(27)35(30(34)32)23-16-14-21(15-17-23)24-10-4-5-11-26(24)33-29(37)25(31)19-36/h2-17,25,32,36H,18-19,31H2,1H3,(H,33,37)/t25-/m0/s1. The largest absolute Gasteiger partial charge is 0.394 e. The SMILES string of the molecule is Cc1ccccc1Cn1c(=N)n(-c2ccc(-c3ccccc3NC(=O)[C@@H](N)CO)cc2)c2ccccc21. The zero-order valence-electron chi connectivity index (χ0n) is 20.6. The summed E-state index contributed by atoms with van der Waals surface area (Å²) in [6.45, 7) is 2.28. The average Bonchev–Trinajstić information content (AvgIpc) is 3.20. The molecule has 5 aromatic rings. The van der Waals surface area contributed by atoms with Gasteiger partial charge < -0.3 is 20.7 Å². The second-order valence-corrected chi connectivity index (χ2v) is 9.03. The normalized spacial score (nSPS) is 12.0. The van der Waals surface area contributed by atoms with Gasteiger partial charge in [-0.1, -0.05) is 66.7 Å². The third-order valence-electron chi connectivity index (χ3n) is 6.63. The van der Waals surface area contributed by atoms with Crippen LogP contribution in [0.1, 0.15) is 11.1 Å². The molecule has 7 heteroatoms. The van der Waals surface area contributed by atoms with Crippen LogP contribution in [0.2, 0.25) is 0 Å². The molecule has 4 aromatic carbocycles. The second-order valence-electron chi connectivity index (χ2n) is 9.03. The maximum atomic E-state index is 12.3. The second kappa shape index (κ2) is 10.3. The summed E-state index contributed by atoms with van der Waals surface area (Å²) >= 11 is 0. The number of fused-ring (bicyclic) bond motifs is 1. The van der Waals surface area contributed by atoms with Crippen molar-refractivity contribution in [3.05, 3.63) is 114 Å². The predicted molar refractivity (Wildman–Crippen MR) is 147 cm³/mol. The lowest BCUT2D eigenvalue weighted by molar-refractivity contribution is -0.118. The van der Waals surface area contributed by atoms with E-state index in [-0.39, 0.29) is 0 Å². The molecule has 7 nitrogen and oxygen atoms in total. The van der Waals surface area contributed by atoms with Crippen LogP contribution >= 0.6 is 0 Å². The third-order valence-corrected chi connectivity index (χ3v) is 6.63. The van der Waals surface area contributed by atoms with Crippen LogP contribution in [0.25, 0.3) is 27.8 Å². The molecular formula is C30H29N5O2. The summed E-state index contributed by atoms with van der Waals surface area (Å²) in [4.78, 5) is 12.3. The zero-order valence-corrected chi connectivity index (χ0v) is 20.6. The number of aromatic nitrogens is 2. The maximum absolute atomic E-state index is 12.3. The zero-order chi connectivity index (χ0) is 25.9. The number of nitrogens with one attached hydrogen (secondary N) is 2. The Hall–Kier alpha value is -4.46. The Bertz CT molecular complexity index is 1630. The number of aryl methyl sites for hydroxylation is 1. The van der Waals surface area contributed by atoms with Crippen molar-refractivity contribution in [1.82, 2.24) is 9.13 Å². The molecule has 0 saturated carbocycles. The summed E-state index contributed by atoms with van der Waals surface area (Å²) < 4.78 is 3.98. The van der Waals surface area contributed by atoms with E-state index in [0.29, 0.717) is 17.9 Å². The fourth-order valence-corrected chi connectivity index (χ4v) is 4.55. The monoisotopic (exact) mass is 491 g/mol. The molecule has 1 atom stereocenters. The number of rotatable bonds is 7. The Morgan fingerprint density at radius 3 is 2.30 bits per heavy atom. The number of nitrogens with two attached hydrogens (primary N) is 1. The van der Waals surface area contributed by atoms with Crippen LogP contribution in [-0.4, -0.2) is 32.8 Å². The highest BCUT2D eigenvalue weighted by Crippen LogP contribution is 2.29. The van der Waals surface area contributed by atoms with E-state index in [1.807, 2.05) is 88.0 Å². The smallest absolute Gasteiger partial charge is 0.243 e. The van der Waals surface area contributed by atoms with Crippen LogP contribution in [0, 0.1) is 12.3 Å². The molecule has 1 aromatic heterocycles. The Balaban J connectivity index is 1.53. The van der Waals surface area contributed by atoms with Crippen LogP contribution in [0.15, 0.2) is 97.1 Å². The first-order chi connectivity index (χ1) is 18.0. The first kappa shape index (κ1) is 24.2. The Morgan fingerprint density at radius 2 is 1.57 bits per heavy atom. The van der Waals surface area contributed by atoms with Crippen molar-refractivity contribution in [2.75, 3.05) is 11.9 Å². The fourth-order valence-electron chi connectivity index (χ4n) is 4.55. The van der Waals surface area contributed by atoms with Gasteiger partial charge in [0.1, 0.15) is 6.04 Å². The van der Waals surface area contributed by atoms with E-state index < -0.39 is 18.6 Å². The van der Waals surface area contributed by atoms with Gasteiger partial charge in [0.15, 0.2) is 0 Å². The molecule has 0 saturated heterocycles. The molecular weight excluding hydrogens is 462 g/mol. The van der Waals surface area contributed by atoms with E-state index in [1.54, 1.807) is 6.07 Å². The van der Waals surface area contributed by atoms with Crippen LogP contribution in [0.5, 0.6) is 0 Å². The molecule has 0 aliphatic carbocycles. The Kier molecular flexibility index (Phi) is 6.72. The van der Waals surface area contributed by atoms with Gasteiger partial charge in [0.2, 0.25) is 11.5 Å². The van der Waals surface area contributed by atoms with Crippen LogP contribution in [0.3, 0.4) is 0 Å². The van der Waals surface area contributed by atoms with Crippen molar-refractivity contribution < 1.29 is 9.90 Å². The Labute approximate surface area is 214 Å². The van der Waals surface area contributed by atoms with Gasteiger partial charge in [-0.3, -0.25) is 14.8 Å². The number of hydrogen-bond donors (Lipinski definition) is 4. The van der Waals surface area contributed by atoms with Crippen LogP contribution in [0.4, 0.5) is 5.69 Å². The maximum Gasteiger partial charge on any atom is 0.243 e. The van der Waals surface area contributed by atoms with Gasteiger partial charge in [0, 0.05) is 16.9 Å². The minimum Gasteiger partial charge on any atom is -0.394 e. The number of benzene rings is 4. The van der Waals surface area contributed by atoms with Crippen molar-refractivity contribution >= 4 is 22.6 Å². The van der Waals surface area contributed by atoms with Gasteiger partial charge in [-0.25, -0.2) is 0 Å². The topological polar surface area (TPSA) is 109 Å². The van der Waals surface area contributed by atoms with Gasteiger partial charge in [-0.2, -0.15) is 0 Å². The molecule has 1 heterocycles. The lowest BCUT2D eigenvalue weighted by Crippen LogP contribution is -2.38. The van der Waals surface area contributed by atoms with Crippen molar-refractivity contribution in [1.29, 1.82) is 5.41 Å². The van der Waals surface area contributed by atoms with Crippen molar-refractivity contribution in [2.24, 2.45) is 5.73 Å². The summed E-state index contributed by atoms with van der Waals surface area (Å²) in [7, 11) is 0. The number of aliphatic hydroxyl groups excluding tert-OH is 1. The number of imidazole rings is 1. The Morgan fingerprint density at radius 1 is 0.919 bits per heavy atom. The number of para-hydroxylation sites is 3. The minimum absolute atomic E-state index is 0.392. The quantitative estimate of drug-likeness (QED) is 0.274. The molecule has 37 heavy (non-hydrogen) atoms. The number of anilines is 1. The summed E-state index contributed by atoms with van der Waals surface area (Å²) in [6.07, 6.45) is 0. The molecule has 5 rings (SSSR count). The highest BCUT2D eigenvalue weighted by atomic mass is 16.3. The molecule has 1 amide bonds. The van der Waals surface area contributed by atoms with Crippen molar-refractivity contribution in [3.63, 3.8) is 0 Å². The molecule has 0 fully saturated rings. The highest BCUT2D eigenvalue weighted by Gasteiger charge is 2.16. The summed E-state index contributed by atoms with van der Waals surface area (Å²) in [5, 5.41) is 21.1. The summed E-state index contributed by atoms with van der Waals surface area (Å²) in [5.41, 5.74) is 13.6. The molecule has 5 N–H and O–H groups in total. The minimum atomic E-state index is -0.987. The van der Waals surface area contributed by atoms with Gasteiger partial charge in [-0.05, 0) is 53.9 Å². The van der Waals surface area contributed by atoms with E-state index in [2.05, 4.69) is 24.4 Å². The number of carbonyl (C=O) groups is 1. The lowest BCUT2D eigenvalue weighted by atomic mass is 10.0. The van der Waals surface area contributed by atoms with E-state index in [4.69, 9.17) is 11.1 Å².